The predicted molar refractivity (Wildman–Crippen MR) is 113 cm³/mol. The average Bonchev–Trinajstić information content (AvgIpc) is 3.15. The highest BCUT2D eigenvalue weighted by atomic mass is 35.5. The molecule has 0 spiro atoms. The van der Waals surface area contributed by atoms with Gasteiger partial charge in [-0.15, -0.1) is 5.10 Å². The molecule has 6 nitrogen and oxygen atoms in total. The normalized spacial score (nSPS) is 14.5. The van der Waals surface area contributed by atoms with Crippen LogP contribution in [0.4, 0.5) is 0 Å². The summed E-state index contributed by atoms with van der Waals surface area (Å²) >= 11 is 11.2. The summed E-state index contributed by atoms with van der Waals surface area (Å²) in [4.78, 5) is 15.1. The second-order valence-electron chi connectivity index (χ2n) is 5.97. The lowest BCUT2D eigenvalue weighted by Crippen LogP contribution is -2.16. The third kappa shape index (κ3) is 3.33. The van der Waals surface area contributed by atoms with E-state index in [9.17, 15) is 9.90 Å². The lowest BCUT2D eigenvalue weighted by atomic mass is 10.0. The number of nitrogens with zero attached hydrogens (tertiary/aromatic N) is 3. The molecule has 0 fully saturated rings. The van der Waals surface area contributed by atoms with Gasteiger partial charge in [0.25, 0.3) is 5.56 Å². The van der Waals surface area contributed by atoms with Crippen molar-refractivity contribution in [2.24, 2.45) is 10.2 Å². The summed E-state index contributed by atoms with van der Waals surface area (Å²) in [6.07, 6.45) is 3.08. The van der Waals surface area contributed by atoms with Crippen molar-refractivity contribution in [2.75, 3.05) is 0 Å². The Morgan fingerprint density at radius 2 is 1.82 bits per heavy atom. The van der Waals surface area contributed by atoms with Crippen LogP contribution in [-0.4, -0.2) is 26.6 Å². The monoisotopic (exact) mass is 408 g/mol. The molecular formula is C20H13ClN4O2S. The molecule has 8 heteroatoms. The smallest absolute Gasteiger partial charge is 0.262 e. The number of aromatic amines is 1. The standard InChI is InChI=1S/C20H13ClN4O2S/c21-14-6-8-15(9-7-14)25-19(27)16(18(26)23-20(25)28)10-13-11-22-24-17(13)12-4-2-1-3-5-12/h1-11,27H,(H,23,26,28). The second kappa shape index (κ2) is 7.38. The minimum atomic E-state index is -0.507. The highest BCUT2D eigenvalue weighted by molar-refractivity contribution is 7.71. The van der Waals surface area contributed by atoms with Crippen LogP contribution in [0.5, 0.6) is 5.88 Å². The van der Waals surface area contributed by atoms with Gasteiger partial charge < -0.3 is 5.11 Å². The zero-order valence-corrected chi connectivity index (χ0v) is 15.9. The van der Waals surface area contributed by atoms with E-state index in [0.29, 0.717) is 22.0 Å². The Hall–Kier alpha value is -3.29. The number of hydrogen-bond acceptors (Lipinski definition) is 5. The van der Waals surface area contributed by atoms with E-state index < -0.39 is 5.56 Å². The van der Waals surface area contributed by atoms with Crippen molar-refractivity contribution in [3.8, 4) is 11.6 Å². The number of allylic oxidation sites excluding steroid dienone is 1. The SMILES string of the molecule is O=c1[nH]c(=S)n(-c2ccc(Cl)cc2)c(O)c1C=C1C=NN=C1c1ccccc1. The van der Waals surface area contributed by atoms with Crippen LogP contribution < -0.4 is 5.56 Å². The zero-order chi connectivity index (χ0) is 19.7. The minimum absolute atomic E-state index is 0.0514. The first-order valence-electron chi connectivity index (χ1n) is 8.27. The van der Waals surface area contributed by atoms with E-state index in [4.69, 9.17) is 23.8 Å². The number of nitrogens with one attached hydrogen (secondary N) is 1. The number of aromatic nitrogens is 2. The number of hydrogen-bond donors (Lipinski definition) is 2. The van der Waals surface area contributed by atoms with Crippen molar-refractivity contribution in [1.82, 2.24) is 9.55 Å². The van der Waals surface area contributed by atoms with Crippen molar-refractivity contribution in [1.29, 1.82) is 0 Å². The largest absolute Gasteiger partial charge is 0.494 e. The molecule has 2 N–H and O–H groups in total. The first kappa shape index (κ1) is 18.1. The summed E-state index contributed by atoms with van der Waals surface area (Å²) in [5.41, 5.74) is 2.18. The Morgan fingerprint density at radius 1 is 1.11 bits per heavy atom. The zero-order valence-electron chi connectivity index (χ0n) is 14.3. The van der Waals surface area contributed by atoms with E-state index in [-0.39, 0.29) is 16.2 Å². The van der Waals surface area contributed by atoms with E-state index in [0.717, 1.165) is 5.56 Å². The van der Waals surface area contributed by atoms with E-state index >= 15 is 0 Å². The Morgan fingerprint density at radius 3 is 2.54 bits per heavy atom. The molecule has 1 aliphatic rings. The van der Waals surface area contributed by atoms with Gasteiger partial charge in [0.15, 0.2) is 4.77 Å². The Balaban J connectivity index is 1.86. The molecule has 3 aromatic rings. The molecule has 4 rings (SSSR count). The number of aromatic hydroxyl groups is 1. The highest BCUT2D eigenvalue weighted by Crippen LogP contribution is 2.24. The summed E-state index contributed by atoms with van der Waals surface area (Å²) in [5, 5.41) is 19.4. The van der Waals surface area contributed by atoms with Crippen LogP contribution in [0.3, 0.4) is 0 Å². The molecule has 0 aliphatic carbocycles. The van der Waals surface area contributed by atoms with Gasteiger partial charge in [0.1, 0.15) is 11.3 Å². The van der Waals surface area contributed by atoms with Gasteiger partial charge in [-0.3, -0.25) is 14.3 Å². The predicted octanol–water partition coefficient (Wildman–Crippen LogP) is 4.13. The Bertz CT molecular complexity index is 1260. The van der Waals surface area contributed by atoms with Gasteiger partial charge in [-0.05, 0) is 42.6 Å². The summed E-state index contributed by atoms with van der Waals surface area (Å²) in [6.45, 7) is 0. The van der Waals surface area contributed by atoms with Crippen molar-refractivity contribution < 1.29 is 5.11 Å². The van der Waals surface area contributed by atoms with Crippen LogP contribution in [0.15, 0.2) is 75.2 Å². The third-order valence-electron chi connectivity index (χ3n) is 4.18. The Labute approximate surface area is 169 Å². The van der Waals surface area contributed by atoms with E-state index in [1.165, 1.54) is 16.9 Å². The first-order chi connectivity index (χ1) is 13.5. The van der Waals surface area contributed by atoms with E-state index in [1.54, 1.807) is 24.3 Å². The topological polar surface area (TPSA) is 82.7 Å². The van der Waals surface area contributed by atoms with Crippen molar-refractivity contribution in [3.63, 3.8) is 0 Å². The molecule has 0 atom stereocenters. The molecule has 2 aromatic carbocycles. The highest BCUT2D eigenvalue weighted by Gasteiger charge is 2.17. The van der Waals surface area contributed by atoms with Gasteiger partial charge in [0, 0.05) is 16.2 Å². The van der Waals surface area contributed by atoms with Gasteiger partial charge in [-0.2, -0.15) is 5.10 Å². The first-order valence-corrected chi connectivity index (χ1v) is 9.06. The van der Waals surface area contributed by atoms with Crippen molar-refractivity contribution >= 4 is 41.8 Å². The number of halogens is 1. The lowest BCUT2D eigenvalue weighted by Gasteiger charge is -2.12. The third-order valence-corrected chi connectivity index (χ3v) is 4.72. The van der Waals surface area contributed by atoms with Crippen LogP contribution in [-0.2, 0) is 0 Å². The van der Waals surface area contributed by atoms with E-state index in [2.05, 4.69) is 15.2 Å². The maximum absolute atomic E-state index is 12.5. The fraction of sp³-hybridized carbons (Fsp3) is 0. The summed E-state index contributed by atoms with van der Waals surface area (Å²) in [6, 6.07) is 16.2. The van der Waals surface area contributed by atoms with Crippen LogP contribution >= 0.6 is 23.8 Å². The van der Waals surface area contributed by atoms with Gasteiger partial charge >= 0.3 is 0 Å². The molecule has 0 unspecified atom stereocenters. The molecule has 1 aliphatic heterocycles. The molecule has 2 heterocycles. The lowest BCUT2D eigenvalue weighted by molar-refractivity contribution is 0.432. The van der Waals surface area contributed by atoms with Gasteiger partial charge in [-0.25, -0.2) is 0 Å². The van der Waals surface area contributed by atoms with Crippen LogP contribution in [0.25, 0.3) is 11.8 Å². The van der Waals surface area contributed by atoms with Crippen LogP contribution in [0, 0.1) is 4.77 Å². The maximum atomic E-state index is 12.5. The molecule has 28 heavy (non-hydrogen) atoms. The summed E-state index contributed by atoms with van der Waals surface area (Å²) < 4.78 is 1.44. The van der Waals surface area contributed by atoms with Gasteiger partial charge in [-0.1, -0.05) is 41.9 Å². The summed E-state index contributed by atoms with van der Waals surface area (Å²) in [7, 11) is 0. The fourth-order valence-electron chi connectivity index (χ4n) is 2.85. The molecule has 138 valence electrons. The molecular weight excluding hydrogens is 396 g/mol. The fourth-order valence-corrected chi connectivity index (χ4v) is 3.26. The average molecular weight is 409 g/mol. The van der Waals surface area contributed by atoms with Crippen molar-refractivity contribution in [2.45, 2.75) is 0 Å². The van der Waals surface area contributed by atoms with E-state index in [1.807, 2.05) is 30.3 Å². The van der Waals surface area contributed by atoms with Gasteiger partial charge in [0.2, 0.25) is 5.88 Å². The molecule has 0 amide bonds. The Kier molecular flexibility index (Phi) is 4.77. The number of benzene rings is 2. The molecule has 0 saturated carbocycles. The molecule has 0 bridgehead atoms. The van der Waals surface area contributed by atoms with Crippen LogP contribution in [0.1, 0.15) is 11.1 Å². The quantitative estimate of drug-likeness (QED) is 0.639. The second-order valence-corrected chi connectivity index (χ2v) is 6.79. The molecule has 1 aromatic heterocycles. The number of rotatable bonds is 3. The minimum Gasteiger partial charge on any atom is -0.494 e. The van der Waals surface area contributed by atoms with Crippen LogP contribution in [0.2, 0.25) is 5.02 Å². The van der Waals surface area contributed by atoms with Crippen molar-refractivity contribution in [3.05, 3.63) is 91.4 Å². The summed E-state index contributed by atoms with van der Waals surface area (Å²) in [5.74, 6) is -0.281. The number of H-pyrrole nitrogens is 1. The maximum Gasteiger partial charge on any atom is 0.262 e. The molecule has 0 saturated heterocycles. The van der Waals surface area contributed by atoms with Gasteiger partial charge in [0.05, 0.1) is 11.9 Å². The molecule has 0 radical (unpaired) electrons.